The van der Waals surface area contributed by atoms with Gasteiger partial charge < -0.3 is 5.11 Å². The summed E-state index contributed by atoms with van der Waals surface area (Å²) in [6.07, 6.45) is 1.60. The van der Waals surface area contributed by atoms with Crippen LogP contribution in [0.5, 0.6) is 0 Å². The van der Waals surface area contributed by atoms with Gasteiger partial charge in [0, 0.05) is 10.0 Å². The maximum atomic E-state index is 11.0. The molecule has 0 bridgehead atoms. The van der Waals surface area contributed by atoms with Crippen molar-refractivity contribution in [3.63, 3.8) is 0 Å². The van der Waals surface area contributed by atoms with Crippen molar-refractivity contribution in [2.45, 2.75) is 0 Å². The van der Waals surface area contributed by atoms with E-state index in [0.29, 0.717) is 11.4 Å². The van der Waals surface area contributed by atoms with Gasteiger partial charge in [0.1, 0.15) is 6.33 Å². The van der Waals surface area contributed by atoms with Crippen LogP contribution in [0.4, 0.5) is 0 Å². The van der Waals surface area contributed by atoms with E-state index < -0.39 is 5.97 Å². The van der Waals surface area contributed by atoms with E-state index in [0.717, 1.165) is 10.2 Å². The fraction of sp³-hybridized carbons (Fsp3) is 0. The molecule has 0 amide bonds. The van der Waals surface area contributed by atoms with Gasteiger partial charge in [0.25, 0.3) is 0 Å². The molecule has 1 N–H and O–H groups in total. The van der Waals surface area contributed by atoms with Crippen molar-refractivity contribution in [3.05, 3.63) is 64.9 Å². The fourth-order valence-corrected chi connectivity index (χ4v) is 2.17. The monoisotopic (exact) mass is 343 g/mol. The van der Waals surface area contributed by atoms with Crippen molar-refractivity contribution in [2.24, 2.45) is 0 Å². The third kappa shape index (κ3) is 2.85. The van der Waals surface area contributed by atoms with Crippen molar-refractivity contribution in [3.8, 4) is 17.1 Å². The van der Waals surface area contributed by atoms with Crippen LogP contribution in [-0.2, 0) is 0 Å². The quantitative estimate of drug-likeness (QED) is 0.791. The molecule has 1 aromatic heterocycles. The number of aromatic nitrogens is 3. The Labute approximate surface area is 129 Å². The summed E-state index contributed by atoms with van der Waals surface area (Å²) in [6.45, 7) is 0. The van der Waals surface area contributed by atoms with Crippen LogP contribution in [0.1, 0.15) is 10.4 Å². The molecule has 0 saturated carbocycles. The molecule has 21 heavy (non-hydrogen) atoms. The Morgan fingerprint density at radius 2 is 1.90 bits per heavy atom. The lowest BCUT2D eigenvalue weighted by atomic mass is 10.1. The summed E-state index contributed by atoms with van der Waals surface area (Å²) in [5, 5.41) is 13.4. The van der Waals surface area contributed by atoms with Crippen LogP contribution in [0.25, 0.3) is 17.1 Å². The molecule has 0 unspecified atom stereocenters. The molecule has 0 spiro atoms. The Kier molecular flexibility index (Phi) is 3.53. The minimum atomic E-state index is -0.968. The van der Waals surface area contributed by atoms with E-state index in [4.69, 9.17) is 5.11 Å². The van der Waals surface area contributed by atoms with Crippen molar-refractivity contribution < 1.29 is 9.90 Å². The van der Waals surface area contributed by atoms with Gasteiger partial charge in [-0.1, -0.05) is 28.1 Å². The van der Waals surface area contributed by atoms with E-state index in [2.05, 4.69) is 26.0 Å². The Morgan fingerprint density at radius 1 is 1.14 bits per heavy atom. The van der Waals surface area contributed by atoms with Gasteiger partial charge in [-0.2, -0.15) is 0 Å². The highest BCUT2D eigenvalue weighted by Crippen LogP contribution is 2.18. The zero-order valence-corrected chi connectivity index (χ0v) is 12.4. The van der Waals surface area contributed by atoms with Gasteiger partial charge >= 0.3 is 5.97 Å². The first-order chi connectivity index (χ1) is 10.1. The number of hydrogen-bond acceptors (Lipinski definition) is 3. The number of aromatic carboxylic acids is 1. The summed E-state index contributed by atoms with van der Waals surface area (Å²) < 4.78 is 2.63. The molecule has 5 nitrogen and oxygen atoms in total. The standard InChI is InChI=1S/C15H10BrN3O2/c16-12-4-6-13(7-5-12)19-9-17-14(18-19)10-2-1-3-11(8-10)15(20)21/h1-9H,(H,20,21). The fourth-order valence-electron chi connectivity index (χ4n) is 1.90. The van der Waals surface area contributed by atoms with Gasteiger partial charge in [0.05, 0.1) is 11.3 Å². The highest BCUT2D eigenvalue weighted by molar-refractivity contribution is 9.10. The van der Waals surface area contributed by atoms with Crippen molar-refractivity contribution in [1.82, 2.24) is 14.8 Å². The Bertz CT molecular complexity index is 797. The Morgan fingerprint density at radius 3 is 2.62 bits per heavy atom. The highest BCUT2D eigenvalue weighted by atomic mass is 79.9. The van der Waals surface area contributed by atoms with Gasteiger partial charge in [0.2, 0.25) is 0 Å². The molecule has 0 aliphatic heterocycles. The summed E-state index contributed by atoms with van der Waals surface area (Å²) >= 11 is 3.38. The number of carboxylic acid groups (broad SMARTS) is 1. The molecule has 0 aliphatic rings. The lowest BCUT2D eigenvalue weighted by molar-refractivity contribution is 0.0697. The molecule has 6 heteroatoms. The first-order valence-corrected chi connectivity index (χ1v) is 6.94. The van der Waals surface area contributed by atoms with Crippen molar-refractivity contribution >= 4 is 21.9 Å². The summed E-state index contributed by atoms with van der Waals surface area (Å²) in [4.78, 5) is 15.2. The Balaban J connectivity index is 1.96. The molecule has 0 radical (unpaired) electrons. The van der Waals surface area contributed by atoms with Crippen LogP contribution in [-0.4, -0.2) is 25.8 Å². The largest absolute Gasteiger partial charge is 0.478 e. The number of halogens is 1. The number of nitrogens with zero attached hydrogens (tertiary/aromatic N) is 3. The van der Waals surface area contributed by atoms with E-state index in [1.54, 1.807) is 29.2 Å². The van der Waals surface area contributed by atoms with Gasteiger partial charge in [-0.05, 0) is 36.4 Å². The van der Waals surface area contributed by atoms with E-state index >= 15 is 0 Å². The predicted octanol–water partition coefficient (Wildman–Crippen LogP) is 3.40. The predicted molar refractivity (Wildman–Crippen MR) is 81.5 cm³/mol. The highest BCUT2D eigenvalue weighted by Gasteiger charge is 2.09. The molecule has 3 rings (SSSR count). The average molecular weight is 344 g/mol. The normalized spacial score (nSPS) is 10.5. The molecular formula is C15H10BrN3O2. The molecule has 0 saturated heterocycles. The minimum Gasteiger partial charge on any atom is -0.478 e. The Hall–Kier alpha value is -2.47. The lowest BCUT2D eigenvalue weighted by Crippen LogP contribution is -1.97. The summed E-state index contributed by atoms with van der Waals surface area (Å²) in [5.41, 5.74) is 1.77. The molecule has 104 valence electrons. The summed E-state index contributed by atoms with van der Waals surface area (Å²) in [5.74, 6) is -0.481. The number of benzene rings is 2. The number of rotatable bonds is 3. The molecule has 0 aliphatic carbocycles. The van der Waals surface area contributed by atoms with Crippen molar-refractivity contribution in [2.75, 3.05) is 0 Å². The van der Waals surface area contributed by atoms with Crippen molar-refractivity contribution in [1.29, 1.82) is 0 Å². The second kappa shape index (κ2) is 5.49. The van der Waals surface area contributed by atoms with Crippen LogP contribution in [0, 0.1) is 0 Å². The number of carbonyl (C=O) groups is 1. The number of carboxylic acids is 1. The molecular weight excluding hydrogens is 334 g/mol. The zero-order chi connectivity index (χ0) is 14.8. The SMILES string of the molecule is O=C(O)c1cccc(-c2ncn(-c3ccc(Br)cc3)n2)c1. The van der Waals surface area contributed by atoms with E-state index in [-0.39, 0.29) is 5.56 Å². The second-order valence-electron chi connectivity index (χ2n) is 4.38. The van der Waals surface area contributed by atoms with Crippen LogP contribution in [0.2, 0.25) is 0 Å². The maximum Gasteiger partial charge on any atom is 0.335 e. The third-order valence-corrected chi connectivity index (χ3v) is 3.48. The lowest BCUT2D eigenvalue weighted by Gasteiger charge is -2.00. The molecule has 1 heterocycles. The topological polar surface area (TPSA) is 68.0 Å². The van der Waals surface area contributed by atoms with E-state index in [1.165, 1.54) is 6.07 Å². The van der Waals surface area contributed by atoms with E-state index in [9.17, 15) is 4.79 Å². The van der Waals surface area contributed by atoms with E-state index in [1.807, 2.05) is 24.3 Å². The average Bonchev–Trinajstić information content (AvgIpc) is 2.98. The first-order valence-electron chi connectivity index (χ1n) is 6.15. The molecule has 0 atom stereocenters. The minimum absolute atomic E-state index is 0.215. The maximum absolute atomic E-state index is 11.0. The van der Waals surface area contributed by atoms with Crippen LogP contribution in [0.15, 0.2) is 59.3 Å². The third-order valence-electron chi connectivity index (χ3n) is 2.95. The first kappa shape index (κ1) is 13.5. The molecule has 3 aromatic rings. The van der Waals surface area contributed by atoms with Gasteiger partial charge in [-0.25, -0.2) is 14.5 Å². The van der Waals surface area contributed by atoms with Crippen LogP contribution in [0.3, 0.4) is 0 Å². The van der Waals surface area contributed by atoms with Crippen LogP contribution >= 0.6 is 15.9 Å². The number of hydrogen-bond donors (Lipinski definition) is 1. The van der Waals surface area contributed by atoms with Gasteiger partial charge in [-0.3, -0.25) is 0 Å². The van der Waals surface area contributed by atoms with Gasteiger partial charge in [-0.15, -0.1) is 5.10 Å². The van der Waals surface area contributed by atoms with Gasteiger partial charge in [0.15, 0.2) is 5.82 Å². The molecule has 2 aromatic carbocycles. The zero-order valence-electron chi connectivity index (χ0n) is 10.8. The summed E-state index contributed by atoms with van der Waals surface area (Å²) in [6, 6.07) is 14.2. The second-order valence-corrected chi connectivity index (χ2v) is 5.29. The smallest absolute Gasteiger partial charge is 0.335 e. The van der Waals surface area contributed by atoms with Crippen LogP contribution < -0.4 is 0 Å². The summed E-state index contributed by atoms with van der Waals surface area (Å²) in [7, 11) is 0. The molecule has 0 fully saturated rings.